The molecule has 0 aromatic heterocycles. The Labute approximate surface area is 77.9 Å². The second kappa shape index (κ2) is 4.36. The highest BCUT2D eigenvalue weighted by Crippen LogP contribution is 2.00. The normalized spacial score (nSPS) is 10.2. The molecule has 0 amide bonds. The summed E-state index contributed by atoms with van der Waals surface area (Å²) in [6.07, 6.45) is 3.26. The van der Waals surface area contributed by atoms with Crippen LogP contribution >= 0.6 is 0 Å². The van der Waals surface area contributed by atoms with Crippen LogP contribution in [0.4, 0.5) is 0 Å². The fraction of sp³-hybridized carbons (Fsp3) is 0.0909. The number of benzene rings is 1. The van der Waals surface area contributed by atoms with E-state index in [2.05, 4.69) is 0 Å². The van der Waals surface area contributed by atoms with Crippen LogP contribution in [0.2, 0.25) is 0 Å². The number of nitrogens with one attached hydrogen (secondary N) is 2. The minimum absolute atomic E-state index is 0.437. The molecule has 2 N–H and O–H groups in total. The third-order valence-corrected chi connectivity index (χ3v) is 1.58. The molecule has 1 rings (SSSR count). The maximum Gasteiger partial charge on any atom is 0.0612 e. The van der Waals surface area contributed by atoms with Crippen molar-refractivity contribution in [1.82, 2.24) is 0 Å². The Hall–Kier alpha value is -1.70. The summed E-state index contributed by atoms with van der Waals surface area (Å²) in [5.74, 6) is 0. The highest BCUT2D eigenvalue weighted by Gasteiger charge is 1.93. The van der Waals surface area contributed by atoms with E-state index in [0.29, 0.717) is 11.4 Å². The van der Waals surface area contributed by atoms with Gasteiger partial charge in [-0.25, -0.2) is 0 Å². The maximum atomic E-state index is 7.64. The van der Waals surface area contributed by atoms with Gasteiger partial charge in [0.2, 0.25) is 0 Å². The molecule has 1 aromatic carbocycles. The number of hydrogen-bond acceptors (Lipinski definition) is 2. The van der Waals surface area contributed by atoms with E-state index in [0.717, 1.165) is 5.56 Å². The number of hydrogen-bond donors (Lipinski definition) is 2. The Kier molecular flexibility index (Phi) is 3.15. The average molecular weight is 172 g/mol. The molecule has 0 saturated heterocycles. The monoisotopic (exact) mass is 172 g/mol. The summed E-state index contributed by atoms with van der Waals surface area (Å²) in [7, 11) is 0. The van der Waals surface area contributed by atoms with Gasteiger partial charge >= 0.3 is 0 Å². The summed E-state index contributed by atoms with van der Waals surface area (Å²) < 4.78 is 0. The predicted octanol–water partition coefficient (Wildman–Crippen LogP) is 2.65. The van der Waals surface area contributed by atoms with Crippen molar-refractivity contribution in [3.05, 3.63) is 48.0 Å². The molecule has 13 heavy (non-hydrogen) atoms. The standard InChI is InChI=1S/C11H12N2/c1-9(12)7-8-11(13)10-5-3-2-4-6-10/h2-8,12-13H,1H3/b8-7-,12-9?,13-11?. The third kappa shape index (κ3) is 3.03. The van der Waals surface area contributed by atoms with Gasteiger partial charge in [0.25, 0.3) is 0 Å². The van der Waals surface area contributed by atoms with Crippen molar-refractivity contribution < 1.29 is 0 Å². The molecule has 0 aliphatic rings. The second-order valence-corrected chi connectivity index (χ2v) is 2.80. The van der Waals surface area contributed by atoms with E-state index in [4.69, 9.17) is 10.8 Å². The van der Waals surface area contributed by atoms with Gasteiger partial charge in [0.15, 0.2) is 0 Å². The average Bonchev–Trinajstić information content (AvgIpc) is 2.15. The van der Waals surface area contributed by atoms with E-state index in [-0.39, 0.29) is 0 Å². The smallest absolute Gasteiger partial charge is 0.0612 e. The largest absolute Gasteiger partial charge is 0.306 e. The van der Waals surface area contributed by atoms with Gasteiger partial charge in [-0.05, 0) is 24.6 Å². The molecule has 0 saturated carbocycles. The van der Waals surface area contributed by atoms with Crippen LogP contribution in [0.15, 0.2) is 42.5 Å². The lowest BCUT2D eigenvalue weighted by atomic mass is 10.1. The Morgan fingerprint density at radius 2 is 1.69 bits per heavy atom. The molecular formula is C11H12N2. The molecule has 0 aliphatic carbocycles. The summed E-state index contributed by atoms with van der Waals surface area (Å²) >= 11 is 0. The molecule has 0 heterocycles. The SMILES string of the molecule is CC(=N)/C=C\C(=N)c1ccccc1. The number of allylic oxidation sites excluding steroid dienone is 2. The molecule has 0 atom stereocenters. The van der Waals surface area contributed by atoms with E-state index in [1.165, 1.54) is 0 Å². The van der Waals surface area contributed by atoms with E-state index < -0.39 is 0 Å². The van der Waals surface area contributed by atoms with Gasteiger partial charge in [0.05, 0.1) is 5.71 Å². The van der Waals surface area contributed by atoms with Crippen LogP contribution in [0.25, 0.3) is 0 Å². The second-order valence-electron chi connectivity index (χ2n) is 2.80. The minimum atomic E-state index is 0.437. The molecule has 0 unspecified atom stereocenters. The van der Waals surface area contributed by atoms with Crippen LogP contribution in [-0.2, 0) is 0 Å². The molecule has 2 heteroatoms. The highest BCUT2D eigenvalue weighted by molar-refractivity contribution is 6.09. The lowest BCUT2D eigenvalue weighted by molar-refractivity contribution is 1.48. The van der Waals surface area contributed by atoms with E-state index >= 15 is 0 Å². The van der Waals surface area contributed by atoms with Gasteiger partial charge in [-0.3, -0.25) is 0 Å². The lowest BCUT2D eigenvalue weighted by Gasteiger charge is -1.96. The maximum absolute atomic E-state index is 7.64. The molecule has 0 radical (unpaired) electrons. The summed E-state index contributed by atoms with van der Waals surface area (Å²) in [4.78, 5) is 0. The first-order valence-corrected chi connectivity index (χ1v) is 4.07. The Morgan fingerprint density at radius 1 is 1.08 bits per heavy atom. The van der Waals surface area contributed by atoms with Gasteiger partial charge in [-0.2, -0.15) is 0 Å². The van der Waals surface area contributed by atoms with Crippen LogP contribution in [0.1, 0.15) is 12.5 Å². The number of rotatable bonds is 3. The molecule has 2 nitrogen and oxygen atoms in total. The van der Waals surface area contributed by atoms with E-state index in [1.54, 1.807) is 19.1 Å². The van der Waals surface area contributed by atoms with Crippen LogP contribution < -0.4 is 0 Å². The molecule has 0 fully saturated rings. The van der Waals surface area contributed by atoms with Crippen molar-refractivity contribution in [1.29, 1.82) is 10.8 Å². The minimum Gasteiger partial charge on any atom is -0.306 e. The van der Waals surface area contributed by atoms with Gasteiger partial charge in [0, 0.05) is 5.71 Å². The van der Waals surface area contributed by atoms with Crippen molar-refractivity contribution in [3.63, 3.8) is 0 Å². The van der Waals surface area contributed by atoms with Gasteiger partial charge in [0.1, 0.15) is 0 Å². The van der Waals surface area contributed by atoms with Crippen LogP contribution in [0, 0.1) is 10.8 Å². The van der Waals surface area contributed by atoms with Crippen molar-refractivity contribution in [2.45, 2.75) is 6.92 Å². The fourth-order valence-corrected chi connectivity index (χ4v) is 0.922. The first-order chi connectivity index (χ1) is 6.20. The lowest BCUT2D eigenvalue weighted by Crippen LogP contribution is -1.94. The quantitative estimate of drug-likeness (QED) is 0.658. The van der Waals surface area contributed by atoms with Crippen molar-refractivity contribution in [2.75, 3.05) is 0 Å². The van der Waals surface area contributed by atoms with Crippen molar-refractivity contribution >= 4 is 11.4 Å². The Balaban J connectivity index is 2.76. The molecule has 0 aliphatic heterocycles. The van der Waals surface area contributed by atoms with E-state index in [9.17, 15) is 0 Å². The van der Waals surface area contributed by atoms with Crippen LogP contribution in [0.3, 0.4) is 0 Å². The van der Waals surface area contributed by atoms with Gasteiger partial charge < -0.3 is 10.8 Å². The zero-order valence-corrected chi connectivity index (χ0v) is 7.54. The third-order valence-electron chi connectivity index (χ3n) is 1.58. The zero-order chi connectivity index (χ0) is 9.68. The molecule has 66 valence electrons. The first-order valence-electron chi connectivity index (χ1n) is 4.07. The van der Waals surface area contributed by atoms with Gasteiger partial charge in [-0.1, -0.05) is 30.3 Å². The van der Waals surface area contributed by atoms with Crippen LogP contribution in [-0.4, -0.2) is 11.4 Å². The summed E-state index contributed by atoms with van der Waals surface area (Å²) in [5.41, 5.74) is 1.77. The van der Waals surface area contributed by atoms with Gasteiger partial charge in [-0.15, -0.1) is 0 Å². The van der Waals surface area contributed by atoms with Crippen LogP contribution in [0.5, 0.6) is 0 Å². The molecule has 0 spiro atoms. The van der Waals surface area contributed by atoms with Crippen molar-refractivity contribution in [3.8, 4) is 0 Å². The topological polar surface area (TPSA) is 47.7 Å². The summed E-state index contributed by atoms with van der Waals surface area (Å²) in [6, 6.07) is 9.48. The molecule has 0 bridgehead atoms. The Morgan fingerprint density at radius 3 is 2.23 bits per heavy atom. The summed E-state index contributed by atoms with van der Waals surface area (Å²) in [6.45, 7) is 1.69. The predicted molar refractivity (Wildman–Crippen MR) is 55.8 cm³/mol. The van der Waals surface area contributed by atoms with E-state index in [1.807, 2.05) is 30.3 Å². The highest BCUT2D eigenvalue weighted by atomic mass is 14.4. The molecule has 1 aromatic rings. The Bertz CT molecular complexity index is 336. The van der Waals surface area contributed by atoms with Crippen molar-refractivity contribution in [2.24, 2.45) is 0 Å². The molecular weight excluding hydrogens is 160 g/mol. The first kappa shape index (κ1) is 9.39. The zero-order valence-electron chi connectivity index (χ0n) is 7.54. The fourth-order valence-electron chi connectivity index (χ4n) is 0.922. The summed E-state index contributed by atoms with van der Waals surface area (Å²) in [5, 5.41) is 14.8.